The Kier molecular flexibility index (Phi) is 3.67. The summed E-state index contributed by atoms with van der Waals surface area (Å²) in [5, 5.41) is 12.0. The minimum atomic E-state index is -1.11. The van der Waals surface area contributed by atoms with E-state index in [2.05, 4.69) is 15.3 Å². The summed E-state index contributed by atoms with van der Waals surface area (Å²) < 4.78 is 4.98. The molecule has 2 N–H and O–H groups in total. The average Bonchev–Trinajstić information content (AvgIpc) is 3.17. The van der Waals surface area contributed by atoms with Crippen molar-refractivity contribution in [2.75, 3.05) is 5.32 Å². The van der Waals surface area contributed by atoms with Gasteiger partial charge >= 0.3 is 5.97 Å². The molecule has 0 aliphatic rings. The number of carbonyl (C=O) groups excluding carboxylic acids is 1. The monoisotopic (exact) mass is 315 g/mol. The number of carboxylic acid groups (broad SMARTS) is 1. The van der Waals surface area contributed by atoms with Crippen LogP contribution in [0, 0.1) is 0 Å². The number of anilines is 1. The standard InChI is InChI=1S/C14H9N3O4S/c18-12(9-2-1-7-21-9)17-14-16-10(11(22-14)13(19)20)8-3-5-15-6-4-8/h1-7H,(H,19,20)(H,16,17,18). The van der Waals surface area contributed by atoms with Crippen LogP contribution in [-0.4, -0.2) is 27.0 Å². The molecule has 0 aromatic carbocycles. The zero-order valence-electron chi connectivity index (χ0n) is 11.0. The Morgan fingerprint density at radius 1 is 1.23 bits per heavy atom. The molecule has 0 fully saturated rings. The summed E-state index contributed by atoms with van der Waals surface area (Å²) in [7, 11) is 0. The lowest BCUT2D eigenvalue weighted by Gasteiger charge is -1.98. The van der Waals surface area contributed by atoms with Crippen LogP contribution >= 0.6 is 11.3 Å². The van der Waals surface area contributed by atoms with E-state index in [9.17, 15) is 14.7 Å². The molecule has 3 aromatic heterocycles. The summed E-state index contributed by atoms with van der Waals surface area (Å²) in [5.74, 6) is -1.47. The maximum absolute atomic E-state index is 11.9. The van der Waals surface area contributed by atoms with Crippen molar-refractivity contribution in [1.82, 2.24) is 9.97 Å². The lowest BCUT2D eigenvalue weighted by molar-refractivity contribution is 0.0702. The SMILES string of the molecule is O=C(Nc1nc(-c2ccncc2)c(C(=O)O)s1)c1ccco1. The third-order valence-electron chi connectivity index (χ3n) is 2.74. The molecule has 8 heteroatoms. The van der Waals surface area contributed by atoms with Crippen molar-refractivity contribution in [3.63, 3.8) is 0 Å². The predicted molar refractivity (Wildman–Crippen MR) is 79.0 cm³/mol. The van der Waals surface area contributed by atoms with Gasteiger partial charge in [-0.15, -0.1) is 0 Å². The number of pyridine rings is 1. The summed E-state index contributed by atoms with van der Waals surface area (Å²) in [4.78, 5) is 31.4. The number of carbonyl (C=O) groups is 2. The molecule has 0 aliphatic heterocycles. The smallest absolute Gasteiger partial charge is 0.348 e. The molecule has 0 saturated heterocycles. The van der Waals surface area contributed by atoms with Gasteiger partial charge in [0.2, 0.25) is 0 Å². The minimum absolute atomic E-state index is 0.0425. The van der Waals surface area contributed by atoms with Crippen molar-refractivity contribution >= 4 is 28.3 Å². The zero-order chi connectivity index (χ0) is 15.5. The Morgan fingerprint density at radius 3 is 2.64 bits per heavy atom. The molecule has 3 rings (SSSR count). The molecule has 7 nitrogen and oxygen atoms in total. The molecule has 0 spiro atoms. The molecule has 22 heavy (non-hydrogen) atoms. The van der Waals surface area contributed by atoms with Crippen molar-refractivity contribution in [1.29, 1.82) is 0 Å². The van der Waals surface area contributed by atoms with Gasteiger partial charge < -0.3 is 9.52 Å². The van der Waals surface area contributed by atoms with Gasteiger partial charge in [0, 0.05) is 18.0 Å². The Hall–Kier alpha value is -3.00. The largest absolute Gasteiger partial charge is 0.477 e. The quantitative estimate of drug-likeness (QED) is 0.767. The molecule has 0 atom stereocenters. The van der Waals surface area contributed by atoms with Crippen molar-refractivity contribution in [2.24, 2.45) is 0 Å². The van der Waals surface area contributed by atoms with E-state index in [1.54, 1.807) is 30.6 Å². The van der Waals surface area contributed by atoms with E-state index in [-0.39, 0.29) is 21.5 Å². The van der Waals surface area contributed by atoms with Crippen LogP contribution in [0.2, 0.25) is 0 Å². The van der Waals surface area contributed by atoms with Crippen molar-refractivity contribution < 1.29 is 19.1 Å². The van der Waals surface area contributed by atoms with E-state index in [1.807, 2.05) is 0 Å². The van der Waals surface area contributed by atoms with Gasteiger partial charge in [-0.1, -0.05) is 11.3 Å². The fourth-order valence-corrected chi connectivity index (χ4v) is 2.61. The van der Waals surface area contributed by atoms with E-state index in [4.69, 9.17) is 4.42 Å². The van der Waals surface area contributed by atoms with Gasteiger partial charge in [0.15, 0.2) is 10.9 Å². The molecular formula is C14H9N3O4S. The number of aromatic nitrogens is 2. The van der Waals surface area contributed by atoms with Gasteiger partial charge in [0.1, 0.15) is 4.88 Å². The van der Waals surface area contributed by atoms with Crippen LogP contribution in [0.1, 0.15) is 20.2 Å². The van der Waals surface area contributed by atoms with Crippen LogP contribution in [-0.2, 0) is 0 Å². The molecule has 3 heterocycles. The van der Waals surface area contributed by atoms with Crippen molar-refractivity contribution in [3.8, 4) is 11.3 Å². The number of furan rings is 1. The van der Waals surface area contributed by atoms with Gasteiger partial charge in [0.05, 0.1) is 12.0 Å². The minimum Gasteiger partial charge on any atom is -0.477 e. The third kappa shape index (κ3) is 2.72. The van der Waals surface area contributed by atoms with Crippen LogP contribution in [0.5, 0.6) is 0 Å². The fourth-order valence-electron chi connectivity index (χ4n) is 1.79. The highest BCUT2D eigenvalue weighted by atomic mass is 32.1. The number of aromatic carboxylic acids is 1. The lowest BCUT2D eigenvalue weighted by atomic mass is 10.2. The fraction of sp³-hybridized carbons (Fsp3) is 0. The van der Waals surface area contributed by atoms with Crippen LogP contribution in [0.4, 0.5) is 5.13 Å². The first-order chi connectivity index (χ1) is 10.6. The van der Waals surface area contributed by atoms with Gasteiger partial charge in [-0.25, -0.2) is 9.78 Å². The number of thiazole rings is 1. The first kappa shape index (κ1) is 14.0. The number of amides is 1. The van der Waals surface area contributed by atoms with Crippen LogP contribution in [0.15, 0.2) is 47.3 Å². The molecule has 0 bridgehead atoms. The number of nitrogens with one attached hydrogen (secondary N) is 1. The Morgan fingerprint density at radius 2 is 2.00 bits per heavy atom. The first-order valence-electron chi connectivity index (χ1n) is 6.14. The maximum Gasteiger partial charge on any atom is 0.348 e. The molecular weight excluding hydrogens is 306 g/mol. The van der Waals surface area contributed by atoms with E-state index in [0.29, 0.717) is 5.56 Å². The van der Waals surface area contributed by atoms with E-state index in [1.165, 1.54) is 12.3 Å². The predicted octanol–water partition coefficient (Wildman–Crippen LogP) is 2.75. The summed E-state index contributed by atoms with van der Waals surface area (Å²) >= 11 is 0.883. The highest BCUT2D eigenvalue weighted by Crippen LogP contribution is 2.31. The van der Waals surface area contributed by atoms with E-state index >= 15 is 0 Å². The van der Waals surface area contributed by atoms with E-state index in [0.717, 1.165) is 11.3 Å². The first-order valence-corrected chi connectivity index (χ1v) is 6.96. The lowest BCUT2D eigenvalue weighted by Crippen LogP contribution is -2.10. The molecule has 0 aliphatic carbocycles. The maximum atomic E-state index is 11.9. The highest BCUT2D eigenvalue weighted by Gasteiger charge is 2.20. The van der Waals surface area contributed by atoms with Gasteiger partial charge in [0.25, 0.3) is 5.91 Å². The van der Waals surface area contributed by atoms with Crippen molar-refractivity contribution in [2.45, 2.75) is 0 Å². The van der Waals surface area contributed by atoms with Crippen molar-refractivity contribution in [3.05, 3.63) is 53.6 Å². The zero-order valence-corrected chi connectivity index (χ0v) is 11.8. The normalized spacial score (nSPS) is 10.4. The highest BCUT2D eigenvalue weighted by molar-refractivity contribution is 7.18. The molecule has 0 unspecified atom stereocenters. The average molecular weight is 315 g/mol. The molecule has 0 radical (unpaired) electrons. The Labute approximate surface area is 128 Å². The van der Waals surface area contributed by atoms with Gasteiger partial charge in [-0.2, -0.15) is 0 Å². The second kappa shape index (κ2) is 5.78. The summed E-state index contributed by atoms with van der Waals surface area (Å²) in [6.45, 7) is 0. The van der Waals surface area contributed by atoms with Crippen LogP contribution < -0.4 is 5.32 Å². The number of hydrogen-bond acceptors (Lipinski definition) is 6. The molecule has 3 aromatic rings. The number of hydrogen-bond donors (Lipinski definition) is 2. The second-order valence-electron chi connectivity index (χ2n) is 4.17. The Bertz CT molecular complexity index is 812. The van der Waals surface area contributed by atoms with Gasteiger partial charge in [-0.3, -0.25) is 15.1 Å². The second-order valence-corrected chi connectivity index (χ2v) is 5.17. The number of carboxylic acids is 1. The molecule has 0 saturated carbocycles. The Balaban J connectivity index is 1.94. The van der Waals surface area contributed by atoms with Crippen LogP contribution in [0.3, 0.4) is 0 Å². The molecule has 110 valence electrons. The van der Waals surface area contributed by atoms with E-state index < -0.39 is 11.9 Å². The number of nitrogens with zero attached hydrogens (tertiary/aromatic N) is 2. The number of rotatable bonds is 4. The van der Waals surface area contributed by atoms with Gasteiger partial charge in [-0.05, 0) is 24.3 Å². The topological polar surface area (TPSA) is 105 Å². The summed E-state index contributed by atoms with van der Waals surface area (Å²) in [6.07, 6.45) is 4.46. The summed E-state index contributed by atoms with van der Waals surface area (Å²) in [6, 6.07) is 6.39. The molecule has 1 amide bonds. The summed E-state index contributed by atoms with van der Waals surface area (Å²) in [5.41, 5.74) is 0.900. The third-order valence-corrected chi connectivity index (χ3v) is 3.70. The van der Waals surface area contributed by atoms with Crippen LogP contribution in [0.25, 0.3) is 11.3 Å².